The van der Waals surface area contributed by atoms with Gasteiger partial charge in [0.05, 0.1) is 12.2 Å². The molecule has 2 N–H and O–H groups in total. The van der Waals surface area contributed by atoms with E-state index in [1.807, 2.05) is 6.92 Å². The molecular weight excluding hydrogens is 276 g/mol. The minimum Gasteiger partial charge on any atom is -0.494 e. The molecule has 0 aliphatic rings. The normalized spacial score (nSPS) is 9.62. The number of rotatable bonds is 6. The lowest BCUT2D eigenvalue weighted by atomic mass is 10.2. The summed E-state index contributed by atoms with van der Waals surface area (Å²) >= 11 is 0. The molecule has 7 nitrogen and oxygen atoms in total. The van der Waals surface area contributed by atoms with Crippen molar-refractivity contribution in [2.45, 2.75) is 20.3 Å². The van der Waals surface area contributed by atoms with E-state index < -0.39 is 24.4 Å². The molecule has 0 bridgehead atoms. The van der Waals surface area contributed by atoms with Gasteiger partial charge in [0.1, 0.15) is 5.75 Å². The maximum Gasteiger partial charge on any atom is 0.338 e. The maximum absolute atomic E-state index is 11.7. The zero-order valence-corrected chi connectivity index (χ0v) is 12.0. The molecule has 0 aliphatic carbocycles. The Kier molecular flexibility index (Phi) is 6.73. The smallest absolute Gasteiger partial charge is 0.338 e. The van der Waals surface area contributed by atoms with Gasteiger partial charge in [-0.3, -0.25) is 20.4 Å². The highest BCUT2D eigenvalue weighted by Crippen LogP contribution is 2.13. The highest BCUT2D eigenvalue weighted by Gasteiger charge is 2.10. The number of carbonyl (C=O) groups is 3. The van der Waals surface area contributed by atoms with Crippen molar-refractivity contribution in [1.29, 1.82) is 0 Å². The molecule has 0 fully saturated rings. The van der Waals surface area contributed by atoms with E-state index in [2.05, 4.69) is 10.9 Å². The molecule has 0 radical (unpaired) electrons. The molecular formula is C14H18N2O5. The van der Waals surface area contributed by atoms with E-state index in [9.17, 15) is 14.4 Å². The second kappa shape index (κ2) is 8.57. The van der Waals surface area contributed by atoms with Crippen molar-refractivity contribution >= 4 is 17.8 Å². The molecule has 0 spiro atoms. The fourth-order valence-corrected chi connectivity index (χ4v) is 1.32. The van der Waals surface area contributed by atoms with Gasteiger partial charge < -0.3 is 9.47 Å². The predicted octanol–water partition coefficient (Wildman–Crippen LogP) is 0.799. The van der Waals surface area contributed by atoms with Crippen LogP contribution in [0.5, 0.6) is 5.75 Å². The summed E-state index contributed by atoms with van der Waals surface area (Å²) in [5.74, 6) is -1.01. The van der Waals surface area contributed by atoms with E-state index in [4.69, 9.17) is 9.47 Å². The molecule has 0 aromatic heterocycles. The molecule has 1 rings (SSSR count). The van der Waals surface area contributed by atoms with Gasteiger partial charge in [0.2, 0.25) is 5.91 Å². The zero-order valence-electron chi connectivity index (χ0n) is 12.0. The van der Waals surface area contributed by atoms with Gasteiger partial charge >= 0.3 is 5.97 Å². The first-order chi connectivity index (χ1) is 10.0. The van der Waals surface area contributed by atoms with Crippen LogP contribution in [0.3, 0.4) is 0 Å². The molecule has 7 heteroatoms. The summed E-state index contributed by atoms with van der Waals surface area (Å²) in [6.45, 7) is 3.37. The molecule has 0 unspecified atom stereocenters. The van der Waals surface area contributed by atoms with Crippen LogP contribution in [0.25, 0.3) is 0 Å². The SMILES string of the molecule is CCCOc1ccc(C(=O)OCC(=O)NNC(C)=O)cc1. The Balaban J connectivity index is 2.41. The van der Waals surface area contributed by atoms with Crippen molar-refractivity contribution in [2.24, 2.45) is 0 Å². The van der Waals surface area contributed by atoms with Crippen LogP contribution in [0.15, 0.2) is 24.3 Å². The van der Waals surface area contributed by atoms with E-state index in [0.29, 0.717) is 17.9 Å². The largest absolute Gasteiger partial charge is 0.494 e. The summed E-state index contributed by atoms with van der Waals surface area (Å²) < 4.78 is 10.2. The van der Waals surface area contributed by atoms with Crippen molar-refractivity contribution < 1.29 is 23.9 Å². The van der Waals surface area contributed by atoms with E-state index in [1.165, 1.54) is 6.92 Å². The van der Waals surface area contributed by atoms with Crippen LogP contribution >= 0.6 is 0 Å². The molecule has 0 saturated heterocycles. The first-order valence-electron chi connectivity index (χ1n) is 6.48. The summed E-state index contributed by atoms with van der Waals surface area (Å²) in [6, 6.07) is 6.42. The fraction of sp³-hybridized carbons (Fsp3) is 0.357. The van der Waals surface area contributed by atoms with Crippen molar-refractivity contribution in [3.8, 4) is 5.75 Å². The third-order valence-corrected chi connectivity index (χ3v) is 2.28. The standard InChI is InChI=1S/C14H18N2O5/c1-3-8-20-12-6-4-11(5-7-12)14(19)21-9-13(18)16-15-10(2)17/h4-7H,3,8-9H2,1-2H3,(H,15,17)(H,16,18). The van der Waals surface area contributed by atoms with Crippen LogP contribution in [0, 0.1) is 0 Å². The van der Waals surface area contributed by atoms with Crippen LogP contribution in [-0.4, -0.2) is 31.0 Å². The second-order valence-corrected chi connectivity index (χ2v) is 4.18. The summed E-state index contributed by atoms with van der Waals surface area (Å²) in [6.07, 6.45) is 0.896. The van der Waals surface area contributed by atoms with Crippen molar-refractivity contribution in [3.05, 3.63) is 29.8 Å². The Morgan fingerprint density at radius 3 is 2.33 bits per heavy atom. The topological polar surface area (TPSA) is 93.7 Å². The van der Waals surface area contributed by atoms with Crippen molar-refractivity contribution in [3.63, 3.8) is 0 Å². The number of nitrogens with one attached hydrogen (secondary N) is 2. The summed E-state index contributed by atoms with van der Waals surface area (Å²) in [5.41, 5.74) is 4.49. The van der Waals surface area contributed by atoms with Gasteiger partial charge in [-0.15, -0.1) is 0 Å². The highest BCUT2D eigenvalue weighted by atomic mass is 16.5. The first-order valence-corrected chi connectivity index (χ1v) is 6.48. The first kappa shape index (κ1) is 16.5. The summed E-state index contributed by atoms with van der Waals surface area (Å²) in [4.78, 5) is 33.5. The van der Waals surface area contributed by atoms with Crippen LogP contribution in [-0.2, 0) is 14.3 Å². The van der Waals surface area contributed by atoms with Crippen molar-refractivity contribution in [2.75, 3.05) is 13.2 Å². The zero-order chi connectivity index (χ0) is 15.7. The number of hydrazine groups is 1. The van der Waals surface area contributed by atoms with Gasteiger partial charge in [-0.05, 0) is 30.7 Å². The van der Waals surface area contributed by atoms with E-state index in [1.54, 1.807) is 24.3 Å². The Morgan fingerprint density at radius 2 is 1.76 bits per heavy atom. The van der Waals surface area contributed by atoms with E-state index in [0.717, 1.165) is 6.42 Å². The number of hydrogen-bond acceptors (Lipinski definition) is 5. The lowest BCUT2D eigenvalue weighted by molar-refractivity contribution is -0.129. The lowest BCUT2D eigenvalue weighted by Gasteiger charge is -2.07. The number of esters is 1. The highest BCUT2D eigenvalue weighted by molar-refractivity contribution is 5.91. The van der Waals surface area contributed by atoms with Crippen molar-refractivity contribution in [1.82, 2.24) is 10.9 Å². The predicted molar refractivity (Wildman–Crippen MR) is 74.5 cm³/mol. The van der Waals surface area contributed by atoms with Gasteiger partial charge in [0, 0.05) is 6.92 Å². The molecule has 21 heavy (non-hydrogen) atoms. The number of ether oxygens (including phenoxy) is 2. The molecule has 114 valence electrons. The second-order valence-electron chi connectivity index (χ2n) is 4.18. The Hall–Kier alpha value is -2.57. The average Bonchev–Trinajstić information content (AvgIpc) is 2.49. The number of benzene rings is 1. The van der Waals surface area contributed by atoms with Crippen LogP contribution in [0.4, 0.5) is 0 Å². The molecule has 0 atom stereocenters. The molecule has 0 aliphatic heterocycles. The Bertz CT molecular complexity index is 499. The minimum absolute atomic E-state index is 0.311. The third-order valence-electron chi connectivity index (χ3n) is 2.28. The van der Waals surface area contributed by atoms with E-state index >= 15 is 0 Å². The number of amides is 2. The number of hydrogen-bond donors (Lipinski definition) is 2. The quantitative estimate of drug-likeness (QED) is 0.598. The minimum atomic E-state index is -0.630. The molecule has 1 aromatic rings. The van der Waals surface area contributed by atoms with E-state index in [-0.39, 0.29) is 0 Å². The van der Waals surface area contributed by atoms with Crippen LogP contribution in [0.1, 0.15) is 30.6 Å². The average molecular weight is 294 g/mol. The monoisotopic (exact) mass is 294 g/mol. The van der Waals surface area contributed by atoms with Gasteiger partial charge in [0.15, 0.2) is 6.61 Å². The summed E-state index contributed by atoms with van der Waals surface area (Å²) in [5, 5.41) is 0. The third kappa shape index (κ3) is 6.42. The Labute approximate surface area is 122 Å². The van der Waals surface area contributed by atoms with Crippen LogP contribution < -0.4 is 15.6 Å². The molecule has 0 heterocycles. The van der Waals surface area contributed by atoms with Gasteiger partial charge in [-0.25, -0.2) is 4.79 Å². The van der Waals surface area contributed by atoms with Gasteiger partial charge in [0.25, 0.3) is 5.91 Å². The van der Waals surface area contributed by atoms with Gasteiger partial charge in [-0.1, -0.05) is 6.92 Å². The Morgan fingerprint density at radius 1 is 1.10 bits per heavy atom. The maximum atomic E-state index is 11.7. The lowest BCUT2D eigenvalue weighted by Crippen LogP contribution is -2.42. The fourth-order valence-electron chi connectivity index (χ4n) is 1.32. The van der Waals surface area contributed by atoms with Gasteiger partial charge in [-0.2, -0.15) is 0 Å². The molecule has 0 saturated carbocycles. The molecule has 2 amide bonds. The number of carbonyl (C=O) groups excluding carboxylic acids is 3. The molecule has 1 aromatic carbocycles. The van der Waals surface area contributed by atoms with Crippen LogP contribution in [0.2, 0.25) is 0 Å². The summed E-state index contributed by atoms with van der Waals surface area (Å²) in [7, 11) is 0.